The van der Waals surface area contributed by atoms with E-state index in [-0.39, 0.29) is 11.4 Å². The standard InChI is InChI=1S/C23H30FNO/c1-3-10-19(4-2)22(13-8-5-9-14-22)25-17-15-23(26,16-18-25)20-11-6-7-12-21(20)24/h3-4,6-7,10-12,26H,1-2,5,8-9,13-18H2/b19-10+. The van der Waals surface area contributed by atoms with Crippen LogP contribution in [-0.4, -0.2) is 28.6 Å². The maximum atomic E-state index is 14.2. The summed E-state index contributed by atoms with van der Waals surface area (Å²) in [5, 5.41) is 11.1. The molecule has 0 bridgehead atoms. The van der Waals surface area contributed by atoms with Gasteiger partial charge in [0.15, 0.2) is 0 Å². The summed E-state index contributed by atoms with van der Waals surface area (Å²) in [5.41, 5.74) is 0.560. The Morgan fingerprint density at radius 1 is 1.04 bits per heavy atom. The summed E-state index contributed by atoms with van der Waals surface area (Å²) in [4.78, 5) is 2.50. The summed E-state index contributed by atoms with van der Waals surface area (Å²) >= 11 is 0. The second kappa shape index (κ2) is 7.89. The normalized spacial score (nSPS) is 23.4. The van der Waals surface area contributed by atoms with Gasteiger partial charge in [-0.1, -0.05) is 68.8 Å². The van der Waals surface area contributed by atoms with Crippen LogP contribution in [0.25, 0.3) is 0 Å². The minimum atomic E-state index is -1.08. The number of allylic oxidation sites excluding steroid dienone is 2. The zero-order chi connectivity index (χ0) is 18.6. The highest BCUT2D eigenvalue weighted by Gasteiger charge is 2.45. The molecule has 2 fully saturated rings. The Bertz CT molecular complexity index is 679. The Hall–Kier alpha value is -1.71. The fourth-order valence-corrected chi connectivity index (χ4v) is 4.88. The highest BCUT2D eigenvalue weighted by atomic mass is 19.1. The van der Waals surface area contributed by atoms with Crippen molar-refractivity contribution in [2.45, 2.75) is 56.1 Å². The fraction of sp³-hybridized carbons (Fsp3) is 0.478. The lowest BCUT2D eigenvalue weighted by atomic mass is 9.72. The van der Waals surface area contributed by atoms with Crippen molar-refractivity contribution in [3.63, 3.8) is 0 Å². The van der Waals surface area contributed by atoms with Crippen molar-refractivity contribution >= 4 is 0 Å². The largest absolute Gasteiger partial charge is 0.385 e. The Balaban J connectivity index is 1.84. The molecule has 1 N–H and O–H groups in total. The maximum Gasteiger partial charge on any atom is 0.129 e. The van der Waals surface area contributed by atoms with Gasteiger partial charge in [0, 0.05) is 24.2 Å². The highest BCUT2D eigenvalue weighted by molar-refractivity contribution is 5.34. The quantitative estimate of drug-likeness (QED) is 0.742. The van der Waals surface area contributed by atoms with Crippen molar-refractivity contribution in [3.05, 3.63) is 72.6 Å². The molecule has 1 aliphatic heterocycles. The van der Waals surface area contributed by atoms with Gasteiger partial charge in [0.1, 0.15) is 5.82 Å². The first-order valence-electron chi connectivity index (χ1n) is 9.74. The SMILES string of the molecule is C=C/C=C(\C=C)C1(N2CCC(O)(c3ccccc3F)CC2)CCCCC1. The molecule has 0 radical (unpaired) electrons. The van der Waals surface area contributed by atoms with E-state index in [0.29, 0.717) is 18.4 Å². The van der Waals surface area contributed by atoms with E-state index in [0.717, 1.165) is 25.9 Å². The summed E-state index contributed by atoms with van der Waals surface area (Å²) in [5.74, 6) is -0.311. The van der Waals surface area contributed by atoms with E-state index in [1.54, 1.807) is 18.2 Å². The number of hydrogen-bond donors (Lipinski definition) is 1. The molecule has 0 aromatic heterocycles. The third kappa shape index (κ3) is 3.43. The molecule has 3 rings (SSSR count). The minimum Gasteiger partial charge on any atom is -0.385 e. The van der Waals surface area contributed by atoms with Crippen LogP contribution in [0.4, 0.5) is 4.39 Å². The lowest BCUT2D eigenvalue weighted by molar-refractivity contribution is -0.0567. The first-order chi connectivity index (χ1) is 12.6. The molecule has 0 atom stereocenters. The van der Waals surface area contributed by atoms with Crippen LogP contribution in [0, 0.1) is 5.82 Å². The van der Waals surface area contributed by atoms with E-state index in [1.165, 1.54) is 30.9 Å². The smallest absolute Gasteiger partial charge is 0.129 e. The van der Waals surface area contributed by atoms with Gasteiger partial charge in [0.25, 0.3) is 0 Å². The predicted molar refractivity (Wildman–Crippen MR) is 105 cm³/mol. The Morgan fingerprint density at radius 2 is 1.69 bits per heavy atom. The molecule has 140 valence electrons. The third-order valence-corrected chi connectivity index (χ3v) is 6.31. The third-order valence-electron chi connectivity index (χ3n) is 6.31. The van der Waals surface area contributed by atoms with Crippen LogP contribution in [0.15, 0.2) is 61.2 Å². The van der Waals surface area contributed by atoms with Crippen LogP contribution in [0.3, 0.4) is 0 Å². The second-order valence-corrected chi connectivity index (χ2v) is 7.65. The number of rotatable bonds is 5. The number of hydrogen-bond acceptors (Lipinski definition) is 2. The van der Waals surface area contributed by atoms with Crippen LogP contribution < -0.4 is 0 Å². The zero-order valence-corrected chi connectivity index (χ0v) is 15.6. The Morgan fingerprint density at radius 3 is 2.27 bits per heavy atom. The molecule has 2 nitrogen and oxygen atoms in total. The summed E-state index contributed by atoms with van der Waals surface area (Å²) in [7, 11) is 0. The summed E-state index contributed by atoms with van der Waals surface area (Å²) in [6.45, 7) is 9.42. The lowest BCUT2D eigenvalue weighted by Crippen LogP contribution is -2.56. The van der Waals surface area contributed by atoms with Gasteiger partial charge in [0.2, 0.25) is 0 Å². The summed E-state index contributed by atoms with van der Waals surface area (Å²) in [6, 6.07) is 6.62. The van der Waals surface area contributed by atoms with E-state index in [4.69, 9.17) is 0 Å². The molecule has 0 amide bonds. The number of halogens is 1. The van der Waals surface area contributed by atoms with Crippen molar-refractivity contribution < 1.29 is 9.50 Å². The van der Waals surface area contributed by atoms with Crippen LogP contribution in [0.5, 0.6) is 0 Å². The van der Waals surface area contributed by atoms with E-state index < -0.39 is 5.60 Å². The van der Waals surface area contributed by atoms with Crippen LogP contribution in [0.2, 0.25) is 0 Å². The van der Waals surface area contributed by atoms with Gasteiger partial charge in [0.05, 0.1) is 5.60 Å². The van der Waals surface area contributed by atoms with Gasteiger partial charge in [-0.3, -0.25) is 4.90 Å². The minimum absolute atomic E-state index is 0.0231. The van der Waals surface area contributed by atoms with Crippen molar-refractivity contribution in [1.29, 1.82) is 0 Å². The number of nitrogens with zero attached hydrogens (tertiary/aromatic N) is 1. The predicted octanol–water partition coefficient (Wildman–Crippen LogP) is 5.11. The van der Waals surface area contributed by atoms with Crippen molar-refractivity contribution in [2.24, 2.45) is 0 Å². The molecule has 2 aliphatic rings. The Labute approximate surface area is 156 Å². The van der Waals surface area contributed by atoms with E-state index in [1.807, 2.05) is 12.2 Å². The first kappa shape index (κ1) is 19.1. The van der Waals surface area contributed by atoms with Gasteiger partial charge in [-0.25, -0.2) is 4.39 Å². The molecule has 1 saturated carbocycles. The van der Waals surface area contributed by atoms with Crippen LogP contribution in [0.1, 0.15) is 50.5 Å². The topological polar surface area (TPSA) is 23.5 Å². The van der Waals surface area contributed by atoms with Gasteiger partial charge >= 0.3 is 0 Å². The summed E-state index contributed by atoms with van der Waals surface area (Å²) in [6.07, 6.45) is 12.9. The van der Waals surface area contributed by atoms with Gasteiger partial charge in [-0.05, 0) is 37.3 Å². The maximum absolute atomic E-state index is 14.2. The molecule has 1 aromatic rings. The number of piperidine rings is 1. The Kier molecular flexibility index (Phi) is 5.79. The molecule has 0 spiro atoms. The van der Waals surface area contributed by atoms with E-state index in [9.17, 15) is 9.50 Å². The monoisotopic (exact) mass is 355 g/mol. The molecule has 1 saturated heterocycles. The number of likely N-dealkylation sites (tertiary alicyclic amines) is 1. The molecular weight excluding hydrogens is 325 g/mol. The molecule has 26 heavy (non-hydrogen) atoms. The van der Waals surface area contributed by atoms with Crippen molar-refractivity contribution in [2.75, 3.05) is 13.1 Å². The van der Waals surface area contributed by atoms with Crippen molar-refractivity contribution in [3.8, 4) is 0 Å². The number of benzene rings is 1. The second-order valence-electron chi connectivity index (χ2n) is 7.65. The molecular formula is C23H30FNO. The molecule has 1 aromatic carbocycles. The average Bonchev–Trinajstić information content (AvgIpc) is 2.67. The summed E-state index contributed by atoms with van der Waals surface area (Å²) < 4.78 is 14.2. The van der Waals surface area contributed by atoms with Gasteiger partial charge in [-0.2, -0.15) is 0 Å². The van der Waals surface area contributed by atoms with Gasteiger partial charge < -0.3 is 5.11 Å². The average molecular weight is 355 g/mol. The number of aliphatic hydroxyl groups is 1. The fourth-order valence-electron chi connectivity index (χ4n) is 4.88. The lowest BCUT2D eigenvalue weighted by Gasteiger charge is -2.51. The van der Waals surface area contributed by atoms with E-state index in [2.05, 4.69) is 24.1 Å². The van der Waals surface area contributed by atoms with Crippen molar-refractivity contribution in [1.82, 2.24) is 4.90 Å². The highest BCUT2D eigenvalue weighted by Crippen LogP contribution is 2.44. The molecule has 1 aliphatic carbocycles. The first-order valence-corrected chi connectivity index (χ1v) is 9.74. The van der Waals surface area contributed by atoms with E-state index >= 15 is 0 Å². The molecule has 0 unspecified atom stereocenters. The van der Waals surface area contributed by atoms with Crippen LogP contribution in [-0.2, 0) is 5.60 Å². The molecule has 1 heterocycles. The van der Waals surface area contributed by atoms with Gasteiger partial charge in [-0.15, -0.1) is 0 Å². The zero-order valence-electron chi connectivity index (χ0n) is 15.6. The molecule has 3 heteroatoms. The van der Waals surface area contributed by atoms with Crippen LogP contribution >= 0.6 is 0 Å².